The Morgan fingerprint density at radius 2 is 1.12 bits per heavy atom. The topological polar surface area (TPSA) is 71.1 Å². The van der Waals surface area contributed by atoms with E-state index < -0.39 is 10.1 Å². The number of hydrogen-bond acceptors (Lipinski definition) is 6. The molecular formula is C36H64O6S. The fourth-order valence-corrected chi connectivity index (χ4v) is 6.60. The third-order valence-corrected chi connectivity index (χ3v) is 9.77. The molecule has 1 fully saturated rings. The van der Waals surface area contributed by atoms with Crippen LogP contribution in [-0.4, -0.2) is 54.2 Å². The molecule has 0 saturated carbocycles. The minimum absolute atomic E-state index is 0.197. The fraction of sp³-hybridized carbons (Fsp3) is 0.833. The van der Waals surface area contributed by atoms with Crippen LogP contribution in [0.15, 0.2) is 29.2 Å². The summed E-state index contributed by atoms with van der Waals surface area (Å²) in [4.78, 5) is 0.212. The van der Waals surface area contributed by atoms with E-state index in [1.54, 1.807) is 24.3 Å². The van der Waals surface area contributed by atoms with E-state index in [2.05, 4.69) is 6.92 Å². The summed E-state index contributed by atoms with van der Waals surface area (Å²) >= 11 is 0. The Labute approximate surface area is 265 Å². The monoisotopic (exact) mass is 624 g/mol. The largest absolute Gasteiger partial charge is 0.381 e. The first-order valence-corrected chi connectivity index (χ1v) is 19.1. The Morgan fingerprint density at radius 1 is 0.651 bits per heavy atom. The van der Waals surface area contributed by atoms with Crippen molar-refractivity contribution in [2.24, 2.45) is 5.92 Å². The Balaban J connectivity index is 1.29. The smallest absolute Gasteiger partial charge is 0.296 e. The Bertz CT molecular complexity index is 872. The highest BCUT2D eigenvalue weighted by Gasteiger charge is 2.25. The number of aryl methyl sites for hydroxylation is 1. The average Bonchev–Trinajstić information content (AvgIpc) is 3.45. The van der Waals surface area contributed by atoms with E-state index in [4.69, 9.17) is 18.4 Å². The van der Waals surface area contributed by atoms with E-state index >= 15 is 0 Å². The van der Waals surface area contributed by atoms with Crippen LogP contribution in [0.1, 0.15) is 141 Å². The van der Waals surface area contributed by atoms with Gasteiger partial charge in [0, 0.05) is 19.1 Å². The first-order chi connectivity index (χ1) is 21.0. The minimum atomic E-state index is -3.67. The first kappa shape index (κ1) is 38.2. The van der Waals surface area contributed by atoms with Gasteiger partial charge in [0.25, 0.3) is 10.1 Å². The number of unbranched alkanes of at least 4 members (excludes halogenated alkanes) is 17. The van der Waals surface area contributed by atoms with Gasteiger partial charge in [-0.25, -0.2) is 0 Å². The number of rotatable bonds is 29. The molecule has 0 amide bonds. The number of ether oxygens (including phenoxy) is 3. The second-order valence-electron chi connectivity index (χ2n) is 12.7. The summed E-state index contributed by atoms with van der Waals surface area (Å²) in [5.41, 5.74) is 1.02. The molecule has 0 aromatic heterocycles. The molecule has 6 nitrogen and oxygen atoms in total. The van der Waals surface area contributed by atoms with Gasteiger partial charge in [0.15, 0.2) is 0 Å². The van der Waals surface area contributed by atoms with Crippen LogP contribution in [0.5, 0.6) is 0 Å². The van der Waals surface area contributed by atoms with Gasteiger partial charge in [-0.05, 0) is 51.2 Å². The Kier molecular flexibility index (Phi) is 22.4. The van der Waals surface area contributed by atoms with Crippen LogP contribution in [0, 0.1) is 12.8 Å². The summed E-state index contributed by atoms with van der Waals surface area (Å²) in [5, 5.41) is 0. The summed E-state index contributed by atoms with van der Waals surface area (Å²) < 4.78 is 47.2. The third kappa shape index (κ3) is 19.9. The lowest BCUT2D eigenvalue weighted by atomic mass is 10.0. The molecule has 0 unspecified atom stereocenters. The van der Waals surface area contributed by atoms with Crippen LogP contribution in [0.4, 0.5) is 0 Å². The SMILES string of the molecule is CCCCCCCCCCCCCCCCCCOC[C@@H]1C[C@@H](COCCCCCOS(=O)(=O)c2ccc(C)cc2)CO1. The van der Waals surface area contributed by atoms with Crippen LogP contribution in [0.25, 0.3) is 0 Å². The first-order valence-electron chi connectivity index (χ1n) is 17.7. The summed E-state index contributed by atoms with van der Waals surface area (Å²) in [7, 11) is -3.67. The molecule has 2 atom stereocenters. The zero-order valence-corrected chi connectivity index (χ0v) is 28.5. The van der Waals surface area contributed by atoms with Crippen LogP contribution in [0.2, 0.25) is 0 Å². The molecule has 0 radical (unpaired) electrons. The Hall–Kier alpha value is -0.990. The quantitative estimate of drug-likeness (QED) is 0.0653. The molecule has 1 heterocycles. The molecule has 250 valence electrons. The van der Waals surface area contributed by atoms with Crippen molar-refractivity contribution in [2.45, 2.75) is 153 Å². The van der Waals surface area contributed by atoms with Gasteiger partial charge < -0.3 is 14.2 Å². The zero-order valence-electron chi connectivity index (χ0n) is 27.7. The fourth-order valence-electron chi connectivity index (χ4n) is 5.65. The maximum absolute atomic E-state index is 12.2. The predicted molar refractivity (Wildman–Crippen MR) is 177 cm³/mol. The standard InChI is InChI=1S/C36H64O6S/c1-3-4-5-6-7-8-9-10-11-12-13-14-15-16-17-19-27-40-32-35-29-34(31-41-35)30-39-26-20-18-21-28-42-43(37,38)36-24-22-33(2)23-25-36/h22-25,34-35H,3-21,26-32H2,1-2H3/t34-,35-/m0/s1. The number of hydrogen-bond donors (Lipinski definition) is 0. The Morgan fingerprint density at radius 3 is 1.67 bits per heavy atom. The summed E-state index contributed by atoms with van der Waals surface area (Å²) in [6, 6.07) is 6.73. The molecule has 0 bridgehead atoms. The zero-order chi connectivity index (χ0) is 30.9. The highest BCUT2D eigenvalue weighted by atomic mass is 32.2. The molecule has 1 aromatic carbocycles. The second-order valence-corrected chi connectivity index (χ2v) is 14.3. The van der Waals surface area contributed by atoms with Crippen molar-refractivity contribution in [3.8, 4) is 0 Å². The average molecular weight is 625 g/mol. The van der Waals surface area contributed by atoms with Gasteiger partial charge in [-0.15, -0.1) is 0 Å². The molecule has 1 aromatic rings. The maximum Gasteiger partial charge on any atom is 0.296 e. The van der Waals surface area contributed by atoms with Gasteiger partial charge in [-0.3, -0.25) is 4.18 Å². The van der Waals surface area contributed by atoms with Crippen molar-refractivity contribution in [3.05, 3.63) is 29.8 Å². The van der Waals surface area contributed by atoms with Gasteiger partial charge >= 0.3 is 0 Å². The summed E-state index contributed by atoms with van der Waals surface area (Å²) in [6.07, 6.45) is 25.9. The van der Waals surface area contributed by atoms with Gasteiger partial charge in [-0.1, -0.05) is 121 Å². The lowest BCUT2D eigenvalue weighted by Crippen LogP contribution is -2.15. The molecule has 1 aliphatic heterocycles. The lowest BCUT2D eigenvalue weighted by molar-refractivity contribution is 0.0141. The molecular weight excluding hydrogens is 560 g/mol. The molecule has 1 aliphatic rings. The van der Waals surface area contributed by atoms with Gasteiger partial charge in [0.1, 0.15) is 0 Å². The third-order valence-electron chi connectivity index (χ3n) is 8.44. The van der Waals surface area contributed by atoms with E-state index in [1.807, 2.05) is 6.92 Å². The second kappa shape index (κ2) is 25.2. The molecule has 0 spiro atoms. The molecule has 0 N–H and O–H groups in total. The molecule has 7 heteroatoms. The lowest BCUT2D eigenvalue weighted by Gasteiger charge is -2.11. The van der Waals surface area contributed by atoms with Crippen molar-refractivity contribution in [1.29, 1.82) is 0 Å². The highest BCUT2D eigenvalue weighted by molar-refractivity contribution is 7.86. The maximum atomic E-state index is 12.2. The molecule has 2 rings (SSSR count). The van der Waals surface area contributed by atoms with E-state index in [-0.39, 0.29) is 17.6 Å². The van der Waals surface area contributed by atoms with E-state index in [0.29, 0.717) is 32.2 Å². The molecule has 0 aliphatic carbocycles. The number of benzene rings is 1. The molecule has 1 saturated heterocycles. The molecule has 43 heavy (non-hydrogen) atoms. The van der Waals surface area contributed by atoms with Crippen molar-refractivity contribution < 1.29 is 26.8 Å². The van der Waals surface area contributed by atoms with Crippen molar-refractivity contribution >= 4 is 10.1 Å². The van der Waals surface area contributed by atoms with Gasteiger partial charge in [-0.2, -0.15) is 8.42 Å². The normalized spacial score (nSPS) is 17.2. The minimum Gasteiger partial charge on any atom is -0.381 e. The highest BCUT2D eigenvalue weighted by Crippen LogP contribution is 2.21. The summed E-state index contributed by atoms with van der Waals surface area (Å²) in [5.74, 6) is 0.437. The van der Waals surface area contributed by atoms with Crippen LogP contribution in [0.3, 0.4) is 0 Å². The van der Waals surface area contributed by atoms with Crippen molar-refractivity contribution in [3.63, 3.8) is 0 Å². The van der Waals surface area contributed by atoms with Crippen molar-refractivity contribution in [1.82, 2.24) is 0 Å². The van der Waals surface area contributed by atoms with E-state index in [1.165, 1.54) is 96.3 Å². The van der Waals surface area contributed by atoms with Crippen LogP contribution in [-0.2, 0) is 28.5 Å². The van der Waals surface area contributed by atoms with Gasteiger partial charge in [0.2, 0.25) is 0 Å². The van der Waals surface area contributed by atoms with Gasteiger partial charge in [0.05, 0.1) is 37.4 Å². The predicted octanol–water partition coefficient (Wildman–Crippen LogP) is 9.57. The van der Waals surface area contributed by atoms with Crippen LogP contribution >= 0.6 is 0 Å². The van der Waals surface area contributed by atoms with E-state index in [0.717, 1.165) is 44.5 Å². The van der Waals surface area contributed by atoms with E-state index in [9.17, 15) is 8.42 Å². The van der Waals surface area contributed by atoms with Crippen LogP contribution < -0.4 is 0 Å². The summed E-state index contributed by atoms with van der Waals surface area (Å²) in [6.45, 7) is 8.10. The van der Waals surface area contributed by atoms with Crippen molar-refractivity contribution in [2.75, 3.05) is 39.6 Å².